The number of hydrogen-bond donors (Lipinski definition) is 1. The van der Waals surface area contributed by atoms with Crippen molar-refractivity contribution in [3.8, 4) is 0 Å². The number of amides is 1. The lowest BCUT2D eigenvalue weighted by atomic mass is 10.1. The number of carbonyl (C=O) groups excluding carboxylic acids is 1. The molecule has 142 valence electrons. The molecule has 9 heteroatoms. The predicted octanol–water partition coefficient (Wildman–Crippen LogP) is 0.929. The minimum Gasteiger partial charge on any atom is -0.324 e. The molecule has 0 radical (unpaired) electrons. The minimum atomic E-state index is -0.492. The maximum Gasteiger partial charge on any atom is 0.332 e. The smallest absolute Gasteiger partial charge is 0.324 e. The standard InChI is InChI=1S/C19H18N6O3/c1-11-7-8-12-13(21-11)5-4-6-14(12)22-15(26)9-25-10-20-17-16(25)18(27)24(3)19(28)23(17)2/h4-8,10H,9H2,1-3H3,(H,22,26). The Morgan fingerprint density at radius 3 is 2.68 bits per heavy atom. The van der Waals surface area contributed by atoms with Gasteiger partial charge in [0.2, 0.25) is 5.91 Å². The van der Waals surface area contributed by atoms with Crippen molar-refractivity contribution in [1.82, 2.24) is 23.7 Å². The van der Waals surface area contributed by atoms with Gasteiger partial charge in [-0.1, -0.05) is 6.07 Å². The second kappa shape index (κ2) is 6.45. The predicted molar refractivity (Wildman–Crippen MR) is 105 cm³/mol. The fourth-order valence-corrected chi connectivity index (χ4v) is 3.23. The summed E-state index contributed by atoms with van der Waals surface area (Å²) < 4.78 is 3.72. The molecule has 0 aliphatic carbocycles. The second-order valence-electron chi connectivity index (χ2n) is 6.62. The van der Waals surface area contributed by atoms with E-state index in [1.807, 2.05) is 31.2 Å². The van der Waals surface area contributed by atoms with Crippen LogP contribution in [0.1, 0.15) is 5.69 Å². The van der Waals surface area contributed by atoms with Crippen molar-refractivity contribution in [3.05, 3.63) is 63.2 Å². The van der Waals surface area contributed by atoms with Gasteiger partial charge in [-0.2, -0.15) is 0 Å². The molecule has 0 aliphatic heterocycles. The first-order valence-electron chi connectivity index (χ1n) is 8.64. The van der Waals surface area contributed by atoms with Crippen LogP contribution in [0, 0.1) is 6.92 Å². The SMILES string of the molecule is Cc1ccc2c(NC(=O)Cn3cnc4c3c(=O)n(C)c(=O)n4C)cccc2n1. The molecule has 0 atom stereocenters. The van der Waals surface area contributed by atoms with Gasteiger partial charge in [-0.25, -0.2) is 9.78 Å². The highest BCUT2D eigenvalue weighted by molar-refractivity contribution is 6.01. The van der Waals surface area contributed by atoms with E-state index in [-0.39, 0.29) is 23.6 Å². The zero-order valence-electron chi connectivity index (χ0n) is 15.6. The monoisotopic (exact) mass is 378 g/mol. The molecule has 0 unspecified atom stereocenters. The number of imidazole rings is 1. The molecule has 9 nitrogen and oxygen atoms in total. The lowest BCUT2D eigenvalue weighted by molar-refractivity contribution is -0.116. The number of nitrogens with one attached hydrogen (secondary N) is 1. The summed E-state index contributed by atoms with van der Waals surface area (Å²) in [5.41, 5.74) is 1.80. The minimum absolute atomic E-state index is 0.111. The molecule has 0 spiro atoms. The second-order valence-corrected chi connectivity index (χ2v) is 6.62. The van der Waals surface area contributed by atoms with Gasteiger partial charge in [-0.05, 0) is 31.2 Å². The first kappa shape index (κ1) is 17.7. The van der Waals surface area contributed by atoms with Crippen molar-refractivity contribution in [1.29, 1.82) is 0 Å². The van der Waals surface area contributed by atoms with E-state index in [0.717, 1.165) is 21.2 Å². The average molecular weight is 378 g/mol. The van der Waals surface area contributed by atoms with Crippen molar-refractivity contribution < 1.29 is 4.79 Å². The number of nitrogens with zero attached hydrogens (tertiary/aromatic N) is 5. The highest BCUT2D eigenvalue weighted by Gasteiger charge is 2.16. The van der Waals surface area contributed by atoms with Crippen LogP contribution in [0.3, 0.4) is 0 Å². The normalized spacial score (nSPS) is 11.2. The molecule has 4 rings (SSSR count). The molecule has 0 bridgehead atoms. The van der Waals surface area contributed by atoms with Gasteiger partial charge in [0, 0.05) is 25.2 Å². The molecule has 0 saturated heterocycles. The maximum absolute atomic E-state index is 12.6. The van der Waals surface area contributed by atoms with Crippen LogP contribution in [0.2, 0.25) is 0 Å². The summed E-state index contributed by atoms with van der Waals surface area (Å²) in [5.74, 6) is -0.316. The number of carbonyl (C=O) groups is 1. The summed E-state index contributed by atoms with van der Waals surface area (Å²) in [5, 5.41) is 3.69. The molecule has 3 heterocycles. The number of anilines is 1. The van der Waals surface area contributed by atoms with E-state index in [1.54, 1.807) is 6.07 Å². The van der Waals surface area contributed by atoms with E-state index in [2.05, 4.69) is 15.3 Å². The average Bonchev–Trinajstić information content (AvgIpc) is 3.08. The molecule has 0 fully saturated rings. The van der Waals surface area contributed by atoms with Gasteiger partial charge in [0.05, 0.1) is 17.5 Å². The lowest BCUT2D eigenvalue weighted by Crippen LogP contribution is -2.37. The summed E-state index contributed by atoms with van der Waals surface area (Å²) >= 11 is 0. The number of benzene rings is 1. The first-order valence-corrected chi connectivity index (χ1v) is 8.64. The van der Waals surface area contributed by atoms with Gasteiger partial charge in [0.1, 0.15) is 6.54 Å². The Morgan fingerprint density at radius 1 is 1.11 bits per heavy atom. The third-order valence-electron chi connectivity index (χ3n) is 4.68. The highest BCUT2D eigenvalue weighted by Crippen LogP contribution is 2.22. The van der Waals surface area contributed by atoms with Crippen molar-refractivity contribution >= 4 is 33.7 Å². The fourth-order valence-electron chi connectivity index (χ4n) is 3.23. The number of aryl methyl sites for hydroxylation is 2. The zero-order valence-corrected chi connectivity index (χ0v) is 15.6. The van der Waals surface area contributed by atoms with Gasteiger partial charge >= 0.3 is 5.69 Å². The topological polar surface area (TPSA) is 104 Å². The van der Waals surface area contributed by atoms with Crippen LogP contribution in [0.15, 0.2) is 46.2 Å². The number of aromatic nitrogens is 5. The summed E-state index contributed by atoms with van der Waals surface area (Å²) in [4.78, 5) is 45.7. The zero-order chi connectivity index (χ0) is 20.0. The van der Waals surface area contributed by atoms with E-state index in [9.17, 15) is 14.4 Å². The highest BCUT2D eigenvalue weighted by atomic mass is 16.2. The van der Waals surface area contributed by atoms with E-state index >= 15 is 0 Å². The van der Waals surface area contributed by atoms with E-state index < -0.39 is 11.2 Å². The van der Waals surface area contributed by atoms with Crippen LogP contribution in [-0.4, -0.2) is 29.6 Å². The Morgan fingerprint density at radius 2 is 1.89 bits per heavy atom. The van der Waals surface area contributed by atoms with Crippen molar-refractivity contribution in [3.63, 3.8) is 0 Å². The number of pyridine rings is 1. The lowest BCUT2D eigenvalue weighted by Gasteiger charge is -2.10. The van der Waals surface area contributed by atoms with Crippen LogP contribution in [0.4, 0.5) is 5.69 Å². The number of rotatable bonds is 3. The Bertz CT molecular complexity index is 1360. The van der Waals surface area contributed by atoms with Crippen LogP contribution in [-0.2, 0) is 25.4 Å². The van der Waals surface area contributed by atoms with Gasteiger partial charge in [-0.15, -0.1) is 0 Å². The summed E-state index contributed by atoms with van der Waals surface area (Å²) in [6.45, 7) is 1.79. The maximum atomic E-state index is 12.6. The van der Waals surface area contributed by atoms with E-state index in [0.29, 0.717) is 5.69 Å². The van der Waals surface area contributed by atoms with Crippen molar-refractivity contribution in [2.75, 3.05) is 5.32 Å². The fraction of sp³-hybridized carbons (Fsp3) is 0.211. The van der Waals surface area contributed by atoms with Gasteiger partial charge < -0.3 is 9.88 Å². The van der Waals surface area contributed by atoms with E-state index in [4.69, 9.17) is 0 Å². The summed E-state index contributed by atoms with van der Waals surface area (Å²) in [6.07, 6.45) is 1.39. The Kier molecular flexibility index (Phi) is 4.07. The molecule has 0 saturated carbocycles. The molecule has 3 aromatic heterocycles. The van der Waals surface area contributed by atoms with Gasteiger partial charge in [0.15, 0.2) is 11.2 Å². The molecule has 28 heavy (non-hydrogen) atoms. The first-order chi connectivity index (χ1) is 13.4. The summed E-state index contributed by atoms with van der Waals surface area (Å²) in [6, 6.07) is 9.29. The van der Waals surface area contributed by atoms with Crippen LogP contribution >= 0.6 is 0 Å². The van der Waals surface area contributed by atoms with Crippen LogP contribution in [0.25, 0.3) is 22.1 Å². The van der Waals surface area contributed by atoms with E-state index in [1.165, 1.54) is 29.6 Å². The number of fused-ring (bicyclic) bond motifs is 2. The molecular formula is C19H18N6O3. The van der Waals surface area contributed by atoms with Crippen molar-refractivity contribution in [2.45, 2.75) is 13.5 Å². The molecule has 1 aromatic carbocycles. The summed E-state index contributed by atoms with van der Waals surface area (Å²) in [7, 11) is 2.93. The molecule has 1 amide bonds. The Labute approximate surface area is 158 Å². The van der Waals surface area contributed by atoms with Gasteiger partial charge in [-0.3, -0.25) is 23.7 Å². The molecule has 4 aromatic rings. The van der Waals surface area contributed by atoms with Crippen LogP contribution < -0.4 is 16.6 Å². The molecule has 1 N–H and O–H groups in total. The van der Waals surface area contributed by atoms with Crippen LogP contribution in [0.5, 0.6) is 0 Å². The third-order valence-corrected chi connectivity index (χ3v) is 4.68. The molecule has 0 aliphatic rings. The third kappa shape index (κ3) is 2.77. The van der Waals surface area contributed by atoms with Gasteiger partial charge in [0.25, 0.3) is 5.56 Å². The number of hydrogen-bond acceptors (Lipinski definition) is 5. The van der Waals surface area contributed by atoms with Crippen molar-refractivity contribution in [2.24, 2.45) is 14.1 Å². The quantitative estimate of drug-likeness (QED) is 0.571. The Hall–Kier alpha value is -3.75. The molecular weight excluding hydrogens is 360 g/mol. The largest absolute Gasteiger partial charge is 0.332 e. The Balaban J connectivity index is 1.69.